The highest BCUT2D eigenvalue weighted by atomic mass is 32.2. The van der Waals surface area contributed by atoms with Crippen molar-refractivity contribution in [3.63, 3.8) is 0 Å². The summed E-state index contributed by atoms with van der Waals surface area (Å²) in [7, 11) is 0. The lowest BCUT2D eigenvalue weighted by molar-refractivity contribution is -0.139. The molecule has 1 fully saturated rings. The van der Waals surface area contributed by atoms with Crippen LogP contribution in [0.4, 0.5) is 0 Å². The van der Waals surface area contributed by atoms with E-state index in [9.17, 15) is 9.59 Å². The quantitative estimate of drug-likeness (QED) is 0.619. The third-order valence-electron chi connectivity index (χ3n) is 4.86. The molecule has 3 rings (SSSR count). The number of hydrogen-bond acceptors (Lipinski definition) is 6. The predicted molar refractivity (Wildman–Crippen MR) is 115 cm³/mol. The van der Waals surface area contributed by atoms with Gasteiger partial charge in [-0.05, 0) is 43.9 Å². The van der Waals surface area contributed by atoms with Gasteiger partial charge >= 0.3 is 5.97 Å². The van der Waals surface area contributed by atoms with Gasteiger partial charge in [0.15, 0.2) is 5.17 Å². The van der Waals surface area contributed by atoms with E-state index in [1.54, 1.807) is 30.5 Å². The molecule has 0 aromatic heterocycles. The number of hydrogen-bond donors (Lipinski definition) is 0. The number of esters is 1. The van der Waals surface area contributed by atoms with Gasteiger partial charge in [0.2, 0.25) is 5.91 Å². The molecule has 0 saturated carbocycles. The van der Waals surface area contributed by atoms with E-state index in [1.807, 2.05) is 24.3 Å². The number of carbonyl (C=O) groups excluding carboxylic acids is 2. The molecule has 7 heteroatoms. The van der Waals surface area contributed by atoms with Crippen LogP contribution in [0.15, 0.2) is 40.5 Å². The highest BCUT2D eigenvalue weighted by Crippen LogP contribution is 2.40. The molecule has 2 heterocycles. The van der Waals surface area contributed by atoms with Gasteiger partial charge in [0.1, 0.15) is 5.75 Å². The molecule has 1 aromatic rings. The number of nitrogens with zero attached hydrogens (tertiary/aromatic N) is 2. The minimum Gasteiger partial charge on any atom is -0.494 e. The highest BCUT2D eigenvalue weighted by molar-refractivity contribution is 8.14. The Labute approximate surface area is 176 Å². The number of fused-ring (bicyclic) bond motifs is 1. The first-order valence-electron chi connectivity index (χ1n) is 10.1. The van der Waals surface area contributed by atoms with Crippen LogP contribution in [0.1, 0.15) is 52.1 Å². The lowest BCUT2D eigenvalue weighted by Gasteiger charge is -2.38. The van der Waals surface area contributed by atoms with Crippen LogP contribution in [-0.4, -0.2) is 40.9 Å². The number of ether oxygens (including phenoxy) is 2. The maximum atomic E-state index is 12.7. The van der Waals surface area contributed by atoms with Gasteiger partial charge in [-0.3, -0.25) is 9.69 Å². The van der Waals surface area contributed by atoms with Crippen molar-refractivity contribution in [1.82, 2.24) is 4.90 Å². The number of amides is 1. The summed E-state index contributed by atoms with van der Waals surface area (Å²) in [6.45, 7) is 8.82. The Balaban J connectivity index is 1.93. The lowest BCUT2D eigenvalue weighted by atomic mass is 9.94. The third kappa shape index (κ3) is 4.83. The molecular formula is C22H28N2O4S. The van der Waals surface area contributed by atoms with E-state index in [4.69, 9.17) is 9.47 Å². The fourth-order valence-corrected chi connectivity index (χ4v) is 4.35. The van der Waals surface area contributed by atoms with Crippen LogP contribution in [0.5, 0.6) is 5.75 Å². The molecule has 0 bridgehead atoms. The van der Waals surface area contributed by atoms with Crippen LogP contribution >= 0.6 is 11.8 Å². The van der Waals surface area contributed by atoms with Gasteiger partial charge in [-0.15, -0.1) is 0 Å². The van der Waals surface area contributed by atoms with Gasteiger partial charge < -0.3 is 9.47 Å². The second kappa shape index (κ2) is 9.48. The van der Waals surface area contributed by atoms with Crippen LogP contribution in [0, 0.1) is 5.92 Å². The molecule has 0 unspecified atom stereocenters. The second-order valence-electron chi connectivity index (χ2n) is 7.48. The Morgan fingerprint density at radius 3 is 2.69 bits per heavy atom. The molecule has 6 nitrogen and oxygen atoms in total. The minimum atomic E-state index is -0.536. The maximum absolute atomic E-state index is 12.7. The van der Waals surface area contributed by atoms with Crippen molar-refractivity contribution in [3.05, 3.63) is 41.1 Å². The van der Waals surface area contributed by atoms with E-state index < -0.39 is 12.0 Å². The van der Waals surface area contributed by atoms with Crippen molar-refractivity contribution in [1.29, 1.82) is 0 Å². The molecule has 156 valence electrons. The molecule has 0 radical (unpaired) electrons. The highest BCUT2D eigenvalue weighted by Gasteiger charge is 2.41. The van der Waals surface area contributed by atoms with Crippen LogP contribution in [0.2, 0.25) is 0 Å². The average molecular weight is 417 g/mol. The molecule has 0 spiro atoms. The minimum absolute atomic E-state index is 0.0286. The fraction of sp³-hybridized carbons (Fsp3) is 0.500. The molecule has 1 saturated heterocycles. The van der Waals surface area contributed by atoms with Crippen molar-refractivity contribution in [2.24, 2.45) is 10.9 Å². The Bertz CT molecular complexity index is 830. The SMILES string of the molecule is CCOC(=O)C1=C(C)N=C2SCCC(=O)N2[C@H]1c1ccc(OCCC(C)C)cc1. The summed E-state index contributed by atoms with van der Waals surface area (Å²) >= 11 is 1.54. The van der Waals surface area contributed by atoms with Crippen molar-refractivity contribution in [3.8, 4) is 5.75 Å². The molecule has 0 N–H and O–H groups in total. The molecule has 1 aromatic carbocycles. The normalized spacial score (nSPS) is 19.2. The van der Waals surface area contributed by atoms with Gasteiger partial charge in [0, 0.05) is 12.2 Å². The molecule has 2 aliphatic heterocycles. The van der Waals surface area contributed by atoms with Gasteiger partial charge in [-0.2, -0.15) is 0 Å². The molecule has 0 aliphatic carbocycles. The van der Waals surface area contributed by atoms with Crippen LogP contribution in [0.3, 0.4) is 0 Å². The Morgan fingerprint density at radius 1 is 1.31 bits per heavy atom. The van der Waals surface area contributed by atoms with E-state index >= 15 is 0 Å². The van der Waals surface area contributed by atoms with Gasteiger partial charge in [-0.25, -0.2) is 9.79 Å². The molecule has 29 heavy (non-hydrogen) atoms. The van der Waals surface area contributed by atoms with E-state index in [0.29, 0.717) is 41.1 Å². The second-order valence-corrected chi connectivity index (χ2v) is 8.54. The molecular weight excluding hydrogens is 388 g/mol. The largest absolute Gasteiger partial charge is 0.494 e. The van der Waals surface area contributed by atoms with Crippen molar-refractivity contribution >= 4 is 28.8 Å². The molecule has 1 amide bonds. The predicted octanol–water partition coefficient (Wildman–Crippen LogP) is 4.32. The van der Waals surface area contributed by atoms with E-state index in [-0.39, 0.29) is 12.5 Å². The van der Waals surface area contributed by atoms with Crippen LogP contribution in [-0.2, 0) is 14.3 Å². The lowest BCUT2D eigenvalue weighted by Crippen LogP contribution is -2.45. The number of carbonyl (C=O) groups is 2. The average Bonchev–Trinajstić information content (AvgIpc) is 2.67. The molecule has 2 aliphatic rings. The zero-order valence-electron chi connectivity index (χ0n) is 17.4. The first-order chi connectivity index (χ1) is 13.9. The first-order valence-corrected chi connectivity index (χ1v) is 11.0. The number of benzene rings is 1. The summed E-state index contributed by atoms with van der Waals surface area (Å²) in [5, 5.41) is 0.647. The number of allylic oxidation sites excluding steroid dienone is 1. The standard InChI is InChI=1S/C22H28N2O4S/c1-5-27-21(26)19-15(4)23-22-24(18(25)11-13-29-22)20(19)16-6-8-17(9-7-16)28-12-10-14(2)3/h6-9,14,20H,5,10-13H2,1-4H3/t20-/m0/s1. The summed E-state index contributed by atoms with van der Waals surface area (Å²) in [5.74, 6) is 1.59. The summed E-state index contributed by atoms with van der Waals surface area (Å²) in [4.78, 5) is 31.6. The number of aliphatic imine (C=N–C) groups is 1. The first kappa shape index (κ1) is 21.4. The summed E-state index contributed by atoms with van der Waals surface area (Å²) in [6.07, 6.45) is 1.41. The Morgan fingerprint density at radius 2 is 2.03 bits per heavy atom. The van der Waals surface area contributed by atoms with Crippen molar-refractivity contribution in [2.75, 3.05) is 19.0 Å². The van der Waals surface area contributed by atoms with Crippen molar-refractivity contribution < 1.29 is 19.1 Å². The molecule has 1 atom stereocenters. The third-order valence-corrected chi connectivity index (χ3v) is 5.82. The van der Waals surface area contributed by atoms with Crippen LogP contribution in [0.25, 0.3) is 0 Å². The number of amidine groups is 1. The maximum Gasteiger partial charge on any atom is 0.338 e. The zero-order chi connectivity index (χ0) is 21.0. The van der Waals surface area contributed by atoms with Gasteiger partial charge in [-0.1, -0.05) is 37.7 Å². The monoisotopic (exact) mass is 416 g/mol. The van der Waals surface area contributed by atoms with E-state index in [0.717, 1.165) is 17.7 Å². The smallest absolute Gasteiger partial charge is 0.338 e. The fourth-order valence-electron chi connectivity index (χ4n) is 3.34. The zero-order valence-corrected chi connectivity index (χ0v) is 18.3. The van der Waals surface area contributed by atoms with E-state index in [1.165, 1.54) is 0 Å². The summed E-state index contributed by atoms with van der Waals surface area (Å²) in [5.41, 5.74) is 1.85. The number of thioether (sulfide) groups is 1. The van der Waals surface area contributed by atoms with Crippen LogP contribution < -0.4 is 4.74 Å². The topological polar surface area (TPSA) is 68.2 Å². The Hall–Kier alpha value is -2.28. The van der Waals surface area contributed by atoms with Gasteiger partial charge in [0.25, 0.3) is 0 Å². The summed E-state index contributed by atoms with van der Waals surface area (Å²) < 4.78 is 11.1. The van der Waals surface area contributed by atoms with Gasteiger partial charge in [0.05, 0.1) is 30.5 Å². The summed E-state index contributed by atoms with van der Waals surface area (Å²) in [6, 6.07) is 7.07. The number of rotatable bonds is 7. The van der Waals surface area contributed by atoms with E-state index in [2.05, 4.69) is 18.8 Å². The van der Waals surface area contributed by atoms with Crippen molar-refractivity contribution in [2.45, 2.75) is 46.6 Å². The Kier molecular flexibility index (Phi) is 7.00.